The lowest BCUT2D eigenvalue weighted by atomic mass is 10.1. The molecule has 30 heavy (non-hydrogen) atoms. The Labute approximate surface area is 172 Å². The van der Waals surface area contributed by atoms with Crippen molar-refractivity contribution in [1.82, 2.24) is 18.7 Å². The molecule has 3 aromatic heterocycles. The minimum atomic E-state index is -0.359. The van der Waals surface area contributed by atoms with E-state index in [4.69, 9.17) is 9.40 Å². The zero-order valence-corrected chi connectivity index (χ0v) is 17.0. The number of benzene rings is 1. The number of hydrogen-bond acceptors (Lipinski definition) is 5. The fraction of sp³-hybridized carbons (Fsp3) is 0.318. The van der Waals surface area contributed by atoms with Crippen molar-refractivity contribution in [3.05, 3.63) is 80.4 Å². The number of imidazole rings is 1. The first-order valence-electron chi connectivity index (χ1n) is 10.1. The molecule has 1 aromatic carbocycles. The van der Waals surface area contributed by atoms with E-state index in [1.807, 2.05) is 47.9 Å². The van der Waals surface area contributed by atoms with Gasteiger partial charge in [0.1, 0.15) is 5.76 Å². The summed E-state index contributed by atoms with van der Waals surface area (Å²) >= 11 is 0. The molecular weight excluding hydrogens is 382 g/mol. The van der Waals surface area contributed by atoms with Gasteiger partial charge < -0.3 is 13.9 Å². The van der Waals surface area contributed by atoms with Gasteiger partial charge in [-0.05, 0) is 31.0 Å². The van der Waals surface area contributed by atoms with Crippen molar-refractivity contribution in [2.24, 2.45) is 7.05 Å². The Morgan fingerprint density at radius 1 is 1.10 bits per heavy atom. The van der Waals surface area contributed by atoms with Gasteiger partial charge >= 0.3 is 5.69 Å². The molecular formula is C22H23N5O3. The quantitative estimate of drug-likeness (QED) is 0.520. The molecule has 154 valence electrons. The van der Waals surface area contributed by atoms with Crippen LogP contribution in [0.25, 0.3) is 11.2 Å². The van der Waals surface area contributed by atoms with Gasteiger partial charge in [-0.25, -0.2) is 4.79 Å². The number of furan rings is 1. The third kappa shape index (κ3) is 2.96. The van der Waals surface area contributed by atoms with Crippen molar-refractivity contribution in [2.75, 3.05) is 11.4 Å². The van der Waals surface area contributed by atoms with E-state index in [1.165, 1.54) is 9.13 Å². The molecule has 0 N–H and O–H groups in total. The van der Waals surface area contributed by atoms with Crippen LogP contribution in [0, 0.1) is 6.92 Å². The smallest absolute Gasteiger partial charge is 0.332 e. The molecule has 0 aliphatic carbocycles. The normalized spacial score (nSPS) is 13.7. The summed E-state index contributed by atoms with van der Waals surface area (Å²) in [6, 6.07) is 11.6. The highest BCUT2D eigenvalue weighted by Crippen LogP contribution is 2.25. The Bertz CT molecular complexity index is 1340. The van der Waals surface area contributed by atoms with Crippen LogP contribution in [0.15, 0.2) is 56.7 Å². The lowest BCUT2D eigenvalue weighted by Crippen LogP contribution is -2.40. The van der Waals surface area contributed by atoms with Gasteiger partial charge in [-0.3, -0.25) is 13.9 Å². The third-order valence-corrected chi connectivity index (χ3v) is 5.65. The van der Waals surface area contributed by atoms with Crippen LogP contribution in [0.4, 0.5) is 5.95 Å². The number of anilines is 1. The zero-order chi connectivity index (χ0) is 20.8. The second kappa shape index (κ2) is 7.05. The van der Waals surface area contributed by atoms with Crippen molar-refractivity contribution in [3.63, 3.8) is 0 Å². The molecule has 5 rings (SSSR count). The van der Waals surface area contributed by atoms with E-state index in [0.29, 0.717) is 30.2 Å². The minimum absolute atomic E-state index is 0.236. The SMILES string of the molecule is Cc1cccc(Cn2c(=O)c3c(nc4n3CCCN4Cc3ccco3)n(C)c2=O)c1. The van der Waals surface area contributed by atoms with Gasteiger partial charge in [0.25, 0.3) is 5.56 Å². The average Bonchev–Trinajstić information content (AvgIpc) is 3.38. The van der Waals surface area contributed by atoms with Crippen LogP contribution in [0.2, 0.25) is 0 Å². The maximum Gasteiger partial charge on any atom is 0.332 e. The molecule has 0 saturated carbocycles. The average molecular weight is 405 g/mol. The van der Waals surface area contributed by atoms with Gasteiger partial charge in [0.2, 0.25) is 5.95 Å². The fourth-order valence-corrected chi connectivity index (χ4v) is 4.21. The van der Waals surface area contributed by atoms with Gasteiger partial charge in [-0.15, -0.1) is 0 Å². The molecule has 1 aliphatic rings. The maximum absolute atomic E-state index is 13.4. The Morgan fingerprint density at radius 2 is 1.97 bits per heavy atom. The Kier molecular flexibility index (Phi) is 4.34. The molecule has 0 amide bonds. The monoisotopic (exact) mass is 405 g/mol. The van der Waals surface area contributed by atoms with Crippen molar-refractivity contribution in [2.45, 2.75) is 33.0 Å². The van der Waals surface area contributed by atoms with Gasteiger partial charge in [-0.1, -0.05) is 29.8 Å². The minimum Gasteiger partial charge on any atom is -0.467 e. The summed E-state index contributed by atoms with van der Waals surface area (Å²) in [5, 5.41) is 0. The van der Waals surface area contributed by atoms with Crippen molar-refractivity contribution < 1.29 is 4.42 Å². The summed E-state index contributed by atoms with van der Waals surface area (Å²) in [6.07, 6.45) is 2.54. The molecule has 8 nitrogen and oxygen atoms in total. The largest absolute Gasteiger partial charge is 0.467 e. The van der Waals surface area contributed by atoms with Crippen molar-refractivity contribution in [3.8, 4) is 0 Å². The topological polar surface area (TPSA) is 78.2 Å². The number of aryl methyl sites for hydroxylation is 3. The number of hydrogen-bond donors (Lipinski definition) is 0. The Hall–Kier alpha value is -3.55. The van der Waals surface area contributed by atoms with Crippen molar-refractivity contribution in [1.29, 1.82) is 0 Å². The summed E-state index contributed by atoms with van der Waals surface area (Å²) < 4.78 is 10.2. The molecule has 1 aliphatic heterocycles. The van der Waals surface area contributed by atoms with E-state index in [-0.39, 0.29) is 17.8 Å². The molecule has 0 fully saturated rings. The Morgan fingerprint density at radius 3 is 2.73 bits per heavy atom. The second-order valence-electron chi connectivity index (χ2n) is 7.81. The molecule has 0 unspecified atom stereocenters. The number of fused-ring (bicyclic) bond motifs is 3. The van der Waals surface area contributed by atoms with Gasteiger partial charge in [0.05, 0.1) is 19.4 Å². The first kappa shape index (κ1) is 18.5. The van der Waals surface area contributed by atoms with Crippen LogP contribution < -0.4 is 16.1 Å². The summed E-state index contributed by atoms with van der Waals surface area (Å²) in [5.41, 5.74) is 2.26. The van der Waals surface area contributed by atoms with Crippen LogP contribution in [0.1, 0.15) is 23.3 Å². The number of rotatable bonds is 4. The van der Waals surface area contributed by atoms with E-state index >= 15 is 0 Å². The van der Waals surface area contributed by atoms with E-state index < -0.39 is 0 Å². The summed E-state index contributed by atoms with van der Waals surface area (Å²) in [4.78, 5) is 33.2. The summed E-state index contributed by atoms with van der Waals surface area (Å²) in [5.74, 6) is 1.54. The molecule has 0 bridgehead atoms. The van der Waals surface area contributed by atoms with E-state index in [0.717, 1.165) is 29.9 Å². The summed E-state index contributed by atoms with van der Waals surface area (Å²) in [7, 11) is 1.67. The summed E-state index contributed by atoms with van der Waals surface area (Å²) in [6.45, 7) is 4.31. The zero-order valence-electron chi connectivity index (χ0n) is 17.0. The van der Waals surface area contributed by atoms with Crippen LogP contribution >= 0.6 is 0 Å². The van der Waals surface area contributed by atoms with Crippen LogP contribution in [0.5, 0.6) is 0 Å². The third-order valence-electron chi connectivity index (χ3n) is 5.65. The number of nitrogens with zero attached hydrogens (tertiary/aromatic N) is 5. The predicted octanol–water partition coefficient (Wildman–Crippen LogP) is 2.26. The second-order valence-corrected chi connectivity index (χ2v) is 7.81. The lowest BCUT2D eigenvalue weighted by Gasteiger charge is -2.28. The maximum atomic E-state index is 13.4. The van der Waals surface area contributed by atoms with Gasteiger partial charge in [0.15, 0.2) is 11.2 Å². The first-order valence-corrected chi connectivity index (χ1v) is 10.1. The first-order chi connectivity index (χ1) is 14.5. The highest BCUT2D eigenvalue weighted by Gasteiger charge is 2.26. The van der Waals surface area contributed by atoms with Gasteiger partial charge in [-0.2, -0.15) is 4.98 Å². The molecule has 0 saturated heterocycles. The molecule has 0 atom stereocenters. The van der Waals surface area contributed by atoms with Crippen LogP contribution in [-0.4, -0.2) is 25.2 Å². The lowest BCUT2D eigenvalue weighted by molar-refractivity contribution is 0.481. The number of aromatic nitrogens is 4. The highest BCUT2D eigenvalue weighted by molar-refractivity contribution is 5.75. The molecule has 4 heterocycles. The van der Waals surface area contributed by atoms with E-state index in [2.05, 4.69) is 4.90 Å². The highest BCUT2D eigenvalue weighted by atomic mass is 16.3. The van der Waals surface area contributed by atoms with Gasteiger partial charge in [0, 0.05) is 20.1 Å². The molecule has 8 heteroatoms. The van der Waals surface area contributed by atoms with Crippen molar-refractivity contribution >= 4 is 17.1 Å². The molecule has 0 radical (unpaired) electrons. The molecule has 4 aromatic rings. The standard InChI is InChI=1S/C22H23N5O3/c1-15-6-3-7-16(12-15)13-27-20(28)18-19(24(2)22(27)29)23-21-25(9-5-10-26(18)21)14-17-8-4-11-30-17/h3-4,6-8,11-12H,5,9-10,13-14H2,1-2H3. The van der Waals surface area contributed by atoms with Crippen LogP contribution in [0.3, 0.4) is 0 Å². The molecule has 0 spiro atoms. The van der Waals surface area contributed by atoms with Crippen LogP contribution in [-0.2, 0) is 26.7 Å². The predicted molar refractivity (Wildman–Crippen MR) is 114 cm³/mol. The van der Waals surface area contributed by atoms with E-state index in [9.17, 15) is 9.59 Å². The van der Waals surface area contributed by atoms with E-state index in [1.54, 1.807) is 13.3 Å². The Balaban J connectivity index is 1.65. The fourth-order valence-electron chi connectivity index (χ4n) is 4.21.